The molecule has 2 aromatic carbocycles. The lowest BCUT2D eigenvalue weighted by Crippen LogP contribution is -2.02. The van der Waals surface area contributed by atoms with E-state index in [9.17, 15) is 9.90 Å². The number of fused-ring (bicyclic) bond motifs is 1. The molecule has 0 aliphatic rings. The van der Waals surface area contributed by atoms with E-state index in [1.165, 1.54) is 0 Å². The third kappa shape index (κ3) is 2.04. The Kier molecular flexibility index (Phi) is 2.87. The summed E-state index contributed by atoms with van der Waals surface area (Å²) < 4.78 is 6.55. The maximum Gasteiger partial charge on any atom is 0.235 e. The van der Waals surface area contributed by atoms with E-state index in [0.29, 0.717) is 16.5 Å². The molecule has 0 saturated carbocycles. The Labute approximate surface area is 117 Å². The molecule has 0 amide bonds. The van der Waals surface area contributed by atoms with E-state index in [0.717, 1.165) is 4.47 Å². The van der Waals surface area contributed by atoms with Crippen molar-refractivity contribution >= 4 is 26.9 Å². The summed E-state index contributed by atoms with van der Waals surface area (Å²) >= 11 is 3.34. The first-order chi connectivity index (χ1) is 9.16. The summed E-state index contributed by atoms with van der Waals surface area (Å²) in [5.74, 6) is -0.169. The molecule has 4 heteroatoms. The molecule has 3 nitrogen and oxygen atoms in total. The van der Waals surface area contributed by atoms with Gasteiger partial charge in [-0.1, -0.05) is 28.1 Å². The standard InChI is InChI=1S/C15H9BrO3/c16-10-7-5-9(6-8-10)15-14(18)13(17)11-3-1-2-4-12(11)19-15/h1-8,18H. The van der Waals surface area contributed by atoms with E-state index in [1.54, 1.807) is 36.4 Å². The zero-order valence-corrected chi connectivity index (χ0v) is 11.3. The van der Waals surface area contributed by atoms with Gasteiger partial charge in [0, 0.05) is 10.0 Å². The third-order valence-electron chi connectivity index (χ3n) is 2.88. The minimum Gasteiger partial charge on any atom is -0.502 e. The maximum absolute atomic E-state index is 12.1. The Morgan fingerprint density at radius 2 is 1.68 bits per heavy atom. The lowest BCUT2D eigenvalue weighted by molar-refractivity contribution is 0.449. The smallest absolute Gasteiger partial charge is 0.235 e. The second-order valence-corrected chi connectivity index (χ2v) is 5.03. The second-order valence-electron chi connectivity index (χ2n) is 4.11. The van der Waals surface area contributed by atoms with Crippen LogP contribution in [0.2, 0.25) is 0 Å². The molecule has 1 heterocycles. The molecule has 19 heavy (non-hydrogen) atoms. The van der Waals surface area contributed by atoms with Crippen molar-refractivity contribution < 1.29 is 9.52 Å². The van der Waals surface area contributed by atoms with Crippen LogP contribution in [-0.2, 0) is 0 Å². The summed E-state index contributed by atoms with van der Waals surface area (Å²) in [6, 6.07) is 14.1. The van der Waals surface area contributed by atoms with E-state index in [1.807, 2.05) is 12.1 Å². The highest BCUT2D eigenvalue weighted by molar-refractivity contribution is 9.10. The maximum atomic E-state index is 12.1. The minimum absolute atomic E-state index is 0.191. The molecule has 0 aliphatic heterocycles. The molecule has 0 unspecified atom stereocenters. The third-order valence-corrected chi connectivity index (χ3v) is 3.41. The van der Waals surface area contributed by atoms with Gasteiger partial charge in [-0.2, -0.15) is 0 Å². The fourth-order valence-electron chi connectivity index (χ4n) is 1.93. The lowest BCUT2D eigenvalue weighted by atomic mass is 10.1. The van der Waals surface area contributed by atoms with Gasteiger partial charge in [-0.05, 0) is 36.4 Å². The van der Waals surface area contributed by atoms with Crippen molar-refractivity contribution in [1.82, 2.24) is 0 Å². The number of aromatic hydroxyl groups is 1. The fraction of sp³-hybridized carbons (Fsp3) is 0. The second kappa shape index (κ2) is 4.55. The molecular formula is C15H9BrO3. The van der Waals surface area contributed by atoms with Crippen molar-refractivity contribution in [3.05, 3.63) is 63.2 Å². The van der Waals surface area contributed by atoms with E-state index in [-0.39, 0.29) is 11.5 Å². The number of rotatable bonds is 1. The first-order valence-electron chi connectivity index (χ1n) is 5.67. The van der Waals surface area contributed by atoms with Crippen molar-refractivity contribution in [3.8, 4) is 17.1 Å². The summed E-state index contributed by atoms with van der Waals surface area (Å²) in [5.41, 5.74) is 0.701. The highest BCUT2D eigenvalue weighted by Crippen LogP contribution is 2.30. The van der Waals surface area contributed by atoms with Crippen LogP contribution in [0, 0.1) is 0 Å². The van der Waals surface area contributed by atoms with Gasteiger partial charge in [-0.15, -0.1) is 0 Å². The number of hydrogen-bond acceptors (Lipinski definition) is 3. The summed E-state index contributed by atoms with van der Waals surface area (Å²) in [4.78, 5) is 12.1. The van der Waals surface area contributed by atoms with Crippen LogP contribution in [0.15, 0.2) is 62.2 Å². The number of halogens is 1. The minimum atomic E-state index is -0.417. The van der Waals surface area contributed by atoms with Crippen molar-refractivity contribution in [3.63, 3.8) is 0 Å². The average Bonchev–Trinajstić information content (AvgIpc) is 2.44. The van der Waals surface area contributed by atoms with Crippen LogP contribution in [0.5, 0.6) is 5.75 Å². The molecule has 0 bridgehead atoms. The van der Waals surface area contributed by atoms with Crippen molar-refractivity contribution in [2.75, 3.05) is 0 Å². The van der Waals surface area contributed by atoms with Crippen molar-refractivity contribution in [2.45, 2.75) is 0 Å². The van der Waals surface area contributed by atoms with Crippen LogP contribution in [0.3, 0.4) is 0 Å². The van der Waals surface area contributed by atoms with E-state index in [4.69, 9.17) is 4.42 Å². The van der Waals surface area contributed by atoms with Crippen LogP contribution in [0.4, 0.5) is 0 Å². The number of para-hydroxylation sites is 1. The molecule has 1 aromatic heterocycles. The summed E-state index contributed by atoms with van der Waals surface area (Å²) in [5, 5.41) is 10.4. The Morgan fingerprint density at radius 1 is 1.00 bits per heavy atom. The molecule has 0 atom stereocenters. The molecule has 0 saturated heterocycles. The van der Waals surface area contributed by atoms with Gasteiger partial charge in [0.15, 0.2) is 5.76 Å². The van der Waals surface area contributed by atoms with Gasteiger partial charge in [-0.3, -0.25) is 4.79 Å². The first kappa shape index (κ1) is 12.0. The van der Waals surface area contributed by atoms with Crippen LogP contribution >= 0.6 is 15.9 Å². The molecular weight excluding hydrogens is 308 g/mol. The highest BCUT2D eigenvalue weighted by atomic mass is 79.9. The Bertz CT molecular complexity index is 804. The van der Waals surface area contributed by atoms with Gasteiger partial charge >= 0.3 is 0 Å². The molecule has 94 valence electrons. The van der Waals surface area contributed by atoms with E-state index < -0.39 is 5.43 Å². The van der Waals surface area contributed by atoms with E-state index in [2.05, 4.69) is 15.9 Å². The topological polar surface area (TPSA) is 50.4 Å². The zero-order chi connectivity index (χ0) is 13.4. The largest absolute Gasteiger partial charge is 0.502 e. The number of hydrogen-bond donors (Lipinski definition) is 1. The van der Waals surface area contributed by atoms with Crippen LogP contribution in [0.1, 0.15) is 0 Å². The zero-order valence-electron chi connectivity index (χ0n) is 9.76. The molecule has 3 aromatic rings. The lowest BCUT2D eigenvalue weighted by Gasteiger charge is -2.05. The predicted octanol–water partition coefficient (Wildman–Crippen LogP) is 3.93. The van der Waals surface area contributed by atoms with Gasteiger partial charge in [0.05, 0.1) is 5.39 Å². The molecule has 0 fully saturated rings. The Morgan fingerprint density at radius 3 is 2.42 bits per heavy atom. The highest BCUT2D eigenvalue weighted by Gasteiger charge is 2.14. The van der Waals surface area contributed by atoms with Crippen molar-refractivity contribution in [2.24, 2.45) is 0 Å². The predicted molar refractivity (Wildman–Crippen MR) is 77.3 cm³/mol. The molecule has 0 aliphatic carbocycles. The van der Waals surface area contributed by atoms with E-state index >= 15 is 0 Å². The van der Waals surface area contributed by atoms with Crippen molar-refractivity contribution in [1.29, 1.82) is 0 Å². The molecule has 3 rings (SSSR count). The van der Waals surface area contributed by atoms with Gasteiger partial charge in [-0.25, -0.2) is 0 Å². The molecule has 1 N–H and O–H groups in total. The molecule has 0 spiro atoms. The Hall–Kier alpha value is -2.07. The van der Waals surface area contributed by atoms with Gasteiger partial charge in [0.1, 0.15) is 5.58 Å². The van der Waals surface area contributed by atoms with Crippen LogP contribution < -0.4 is 5.43 Å². The average molecular weight is 317 g/mol. The normalized spacial score (nSPS) is 10.8. The SMILES string of the molecule is O=c1c(O)c(-c2ccc(Br)cc2)oc2ccccc12. The monoisotopic (exact) mass is 316 g/mol. The summed E-state index contributed by atoms with van der Waals surface area (Å²) in [7, 11) is 0. The van der Waals surface area contributed by atoms with Crippen LogP contribution in [0.25, 0.3) is 22.3 Å². The summed E-state index contributed by atoms with van der Waals surface area (Å²) in [6.45, 7) is 0. The quantitative estimate of drug-likeness (QED) is 0.740. The molecule has 0 radical (unpaired) electrons. The fourth-order valence-corrected chi connectivity index (χ4v) is 2.19. The number of benzene rings is 2. The van der Waals surface area contributed by atoms with Gasteiger partial charge in [0.2, 0.25) is 11.2 Å². The van der Waals surface area contributed by atoms with Crippen LogP contribution in [-0.4, -0.2) is 5.11 Å². The Balaban J connectivity index is 2.33. The van der Waals surface area contributed by atoms with Gasteiger partial charge in [0.25, 0.3) is 0 Å². The van der Waals surface area contributed by atoms with Gasteiger partial charge < -0.3 is 9.52 Å². The first-order valence-corrected chi connectivity index (χ1v) is 6.47. The summed E-state index contributed by atoms with van der Waals surface area (Å²) in [6.07, 6.45) is 0.